The molecule has 0 aromatic carbocycles. The Hall–Kier alpha value is -0.570. The van der Waals surface area contributed by atoms with E-state index in [1.54, 1.807) is 0 Å². The minimum atomic E-state index is 0.607. The summed E-state index contributed by atoms with van der Waals surface area (Å²) in [7, 11) is 4.30. The number of hydrogen-bond acceptors (Lipinski definition) is 2. The van der Waals surface area contributed by atoms with Crippen molar-refractivity contribution >= 4 is 5.84 Å². The molecule has 3 heteroatoms. The van der Waals surface area contributed by atoms with Crippen LogP contribution in [0.2, 0.25) is 0 Å². The maximum Gasteiger partial charge on any atom is 0.0990 e. The van der Waals surface area contributed by atoms with Crippen LogP contribution in [0.3, 0.4) is 0 Å². The van der Waals surface area contributed by atoms with E-state index < -0.39 is 0 Å². The second-order valence-electron chi connectivity index (χ2n) is 4.87. The summed E-state index contributed by atoms with van der Waals surface area (Å²) in [4.78, 5) is 4.60. The number of piperidine rings is 1. The van der Waals surface area contributed by atoms with Gasteiger partial charge in [-0.1, -0.05) is 0 Å². The molecule has 2 rings (SSSR count). The highest BCUT2D eigenvalue weighted by molar-refractivity contribution is 5.83. The molecule has 2 fully saturated rings. The normalized spacial score (nSPS) is 28.2. The van der Waals surface area contributed by atoms with Crippen molar-refractivity contribution in [3.63, 3.8) is 0 Å². The Morgan fingerprint density at radius 1 is 1.29 bits per heavy atom. The third-order valence-electron chi connectivity index (χ3n) is 3.43. The summed E-state index contributed by atoms with van der Waals surface area (Å²) >= 11 is 0. The van der Waals surface area contributed by atoms with Crippen LogP contribution in [0.5, 0.6) is 0 Å². The molecule has 1 N–H and O–H groups in total. The largest absolute Gasteiger partial charge is 0.359 e. The molecule has 1 unspecified atom stereocenters. The first-order valence-corrected chi connectivity index (χ1v) is 5.68. The van der Waals surface area contributed by atoms with Crippen LogP contribution in [0, 0.1) is 11.3 Å². The van der Waals surface area contributed by atoms with Crippen molar-refractivity contribution < 1.29 is 0 Å². The smallest absolute Gasteiger partial charge is 0.0990 e. The van der Waals surface area contributed by atoms with E-state index in [1.165, 1.54) is 25.7 Å². The molecular weight excluding hydrogens is 174 g/mol. The van der Waals surface area contributed by atoms with Crippen molar-refractivity contribution in [3.8, 4) is 0 Å². The van der Waals surface area contributed by atoms with Crippen molar-refractivity contribution in [1.82, 2.24) is 9.80 Å². The lowest BCUT2D eigenvalue weighted by atomic mass is 10.0. The van der Waals surface area contributed by atoms with E-state index in [0.717, 1.165) is 18.9 Å². The lowest BCUT2D eigenvalue weighted by molar-refractivity contribution is 0.181. The number of nitrogens with one attached hydrogen (secondary N) is 1. The number of hydrogen-bond donors (Lipinski definition) is 1. The number of likely N-dealkylation sites (tertiary alicyclic amines) is 1. The van der Waals surface area contributed by atoms with Crippen LogP contribution >= 0.6 is 0 Å². The highest BCUT2D eigenvalue weighted by Crippen LogP contribution is 2.32. The fourth-order valence-electron chi connectivity index (χ4n) is 2.21. The Labute approximate surface area is 86.6 Å². The molecule has 1 aliphatic carbocycles. The zero-order valence-corrected chi connectivity index (χ0v) is 9.29. The first-order chi connectivity index (χ1) is 6.68. The van der Waals surface area contributed by atoms with Gasteiger partial charge in [-0.2, -0.15) is 0 Å². The monoisotopic (exact) mass is 195 g/mol. The Morgan fingerprint density at radius 3 is 2.57 bits per heavy atom. The Kier molecular flexibility index (Phi) is 2.77. The van der Waals surface area contributed by atoms with Gasteiger partial charge in [0.05, 0.1) is 5.84 Å². The molecule has 14 heavy (non-hydrogen) atoms. The van der Waals surface area contributed by atoms with Crippen LogP contribution in [0.25, 0.3) is 0 Å². The molecule has 1 atom stereocenters. The quantitative estimate of drug-likeness (QED) is 0.533. The van der Waals surface area contributed by atoms with Crippen LogP contribution in [0.4, 0.5) is 0 Å². The summed E-state index contributed by atoms with van der Waals surface area (Å²) in [6.45, 7) is 2.18. The Bertz CT molecular complexity index is 221. The summed E-state index contributed by atoms with van der Waals surface area (Å²) < 4.78 is 0. The van der Waals surface area contributed by atoms with Crippen LogP contribution in [-0.2, 0) is 0 Å². The average Bonchev–Trinajstić information content (AvgIpc) is 3.00. The Balaban J connectivity index is 1.89. The predicted molar refractivity (Wildman–Crippen MR) is 58.7 cm³/mol. The van der Waals surface area contributed by atoms with E-state index in [0.29, 0.717) is 12.0 Å². The van der Waals surface area contributed by atoms with Crippen LogP contribution in [-0.4, -0.2) is 48.9 Å². The molecule has 3 nitrogen and oxygen atoms in total. The van der Waals surface area contributed by atoms with E-state index in [1.807, 2.05) is 0 Å². The molecule has 2 aliphatic rings. The van der Waals surface area contributed by atoms with Gasteiger partial charge in [-0.15, -0.1) is 0 Å². The van der Waals surface area contributed by atoms with Crippen molar-refractivity contribution in [2.75, 3.05) is 27.2 Å². The van der Waals surface area contributed by atoms with Crippen LogP contribution < -0.4 is 0 Å². The first kappa shape index (κ1) is 9.97. The van der Waals surface area contributed by atoms with Crippen molar-refractivity contribution in [2.24, 2.45) is 5.92 Å². The minimum Gasteiger partial charge on any atom is -0.359 e. The highest BCUT2D eigenvalue weighted by Gasteiger charge is 2.32. The van der Waals surface area contributed by atoms with E-state index in [2.05, 4.69) is 23.9 Å². The Morgan fingerprint density at radius 2 is 2.00 bits per heavy atom. The summed E-state index contributed by atoms with van der Waals surface area (Å²) in [5.74, 6) is 1.52. The van der Waals surface area contributed by atoms with Gasteiger partial charge < -0.3 is 9.80 Å². The number of rotatable bonds is 2. The third-order valence-corrected chi connectivity index (χ3v) is 3.43. The van der Waals surface area contributed by atoms with Gasteiger partial charge in [0.25, 0.3) is 0 Å². The van der Waals surface area contributed by atoms with Gasteiger partial charge in [0, 0.05) is 25.0 Å². The van der Waals surface area contributed by atoms with E-state index in [9.17, 15) is 0 Å². The number of nitrogens with zero attached hydrogens (tertiary/aromatic N) is 2. The lowest BCUT2D eigenvalue weighted by Crippen LogP contribution is -2.47. The highest BCUT2D eigenvalue weighted by atomic mass is 15.2. The molecule has 0 bridgehead atoms. The maximum absolute atomic E-state index is 8.04. The van der Waals surface area contributed by atoms with Crippen LogP contribution in [0.15, 0.2) is 0 Å². The molecule has 0 aromatic rings. The molecular formula is C11H21N3. The molecule has 1 saturated heterocycles. The summed E-state index contributed by atoms with van der Waals surface area (Å²) in [5.41, 5.74) is 0. The average molecular weight is 195 g/mol. The molecule has 1 saturated carbocycles. The third kappa shape index (κ3) is 2.08. The molecule has 0 amide bonds. The summed E-state index contributed by atoms with van der Waals surface area (Å²) in [6.07, 6.45) is 5.04. The molecule has 80 valence electrons. The maximum atomic E-state index is 8.04. The van der Waals surface area contributed by atoms with Gasteiger partial charge in [-0.25, -0.2) is 0 Å². The van der Waals surface area contributed by atoms with Crippen LogP contribution in [0.1, 0.15) is 25.7 Å². The SMILES string of the molecule is CN(C)C1CCCN(C(=N)C2CC2)C1. The molecule has 0 radical (unpaired) electrons. The first-order valence-electron chi connectivity index (χ1n) is 5.68. The topological polar surface area (TPSA) is 30.3 Å². The van der Waals surface area contributed by atoms with Crippen molar-refractivity contribution in [2.45, 2.75) is 31.7 Å². The number of likely N-dealkylation sites (N-methyl/N-ethyl adjacent to an activating group) is 1. The standard InChI is InChI=1S/C11H21N3/c1-13(2)10-4-3-7-14(8-10)11(12)9-5-6-9/h9-10,12H,3-8H2,1-2H3. The molecule has 1 heterocycles. The fraction of sp³-hybridized carbons (Fsp3) is 0.909. The van der Waals surface area contributed by atoms with Gasteiger partial charge >= 0.3 is 0 Å². The lowest BCUT2D eigenvalue weighted by Gasteiger charge is -2.37. The predicted octanol–water partition coefficient (Wildman–Crippen LogP) is 1.40. The van der Waals surface area contributed by atoms with Gasteiger partial charge in [0.1, 0.15) is 0 Å². The van der Waals surface area contributed by atoms with E-state index in [-0.39, 0.29) is 0 Å². The molecule has 1 aliphatic heterocycles. The second-order valence-corrected chi connectivity index (χ2v) is 4.87. The second kappa shape index (κ2) is 3.89. The zero-order chi connectivity index (χ0) is 10.1. The molecule has 0 aromatic heterocycles. The zero-order valence-electron chi connectivity index (χ0n) is 9.29. The van der Waals surface area contributed by atoms with Gasteiger partial charge in [-0.05, 0) is 39.8 Å². The van der Waals surface area contributed by atoms with E-state index in [4.69, 9.17) is 5.41 Å². The van der Waals surface area contributed by atoms with Gasteiger partial charge in [-0.3, -0.25) is 5.41 Å². The minimum absolute atomic E-state index is 0.607. The number of amidine groups is 1. The van der Waals surface area contributed by atoms with E-state index >= 15 is 0 Å². The van der Waals surface area contributed by atoms with Crippen molar-refractivity contribution in [1.29, 1.82) is 5.41 Å². The fourth-order valence-corrected chi connectivity index (χ4v) is 2.21. The molecule has 0 spiro atoms. The van der Waals surface area contributed by atoms with Gasteiger partial charge in [0.15, 0.2) is 0 Å². The van der Waals surface area contributed by atoms with Crippen molar-refractivity contribution in [3.05, 3.63) is 0 Å². The van der Waals surface area contributed by atoms with Gasteiger partial charge in [0.2, 0.25) is 0 Å². The summed E-state index contributed by atoms with van der Waals surface area (Å²) in [5, 5.41) is 8.04. The summed E-state index contributed by atoms with van der Waals surface area (Å²) in [6, 6.07) is 0.655.